The smallest absolute Gasteiger partial charge is 0.312 e. The van der Waals surface area contributed by atoms with Gasteiger partial charge in [0.05, 0.1) is 12.5 Å². The van der Waals surface area contributed by atoms with E-state index in [1.807, 2.05) is 6.92 Å². The number of ether oxygens (including phenoxy) is 1. The van der Waals surface area contributed by atoms with E-state index in [1.165, 1.54) is 18.2 Å². The molecule has 0 aliphatic heterocycles. The van der Waals surface area contributed by atoms with Crippen molar-refractivity contribution in [3.05, 3.63) is 35.4 Å². The van der Waals surface area contributed by atoms with Gasteiger partial charge in [-0.05, 0) is 32.3 Å². The summed E-state index contributed by atoms with van der Waals surface area (Å²) < 4.78 is 5.04. The minimum Gasteiger partial charge on any atom is -0.469 e. The van der Waals surface area contributed by atoms with Crippen molar-refractivity contribution in [3.63, 3.8) is 0 Å². The van der Waals surface area contributed by atoms with Crippen molar-refractivity contribution in [1.29, 1.82) is 0 Å². The minimum absolute atomic E-state index is 0.0805. The fourth-order valence-electron chi connectivity index (χ4n) is 3.28. The van der Waals surface area contributed by atoms with E-state index < -0.39 is 5.41 Å². The topological polar surface area (TPSA) is 26.3 Å². The van der Waals surface area contributed by atoms with E-state index in [2.05, 4.69) is 38.1 Å². The fourth-order valence-corrected chi connectivity index (χ4v) is 3.28. The van der Waals surface area contributed by atoms with Crippen LogP contribution in [0.3, 0.4) is 0 Å². The van der Waals surface area contributed by atoms with Crippen LogP contribution in [0.5, 0.6) is 0 Å². The normalized spacial score (nSPS) is 31.3. The summed E-state index contributed by atoms with van der Waals surface area (Å²) in [5.41, 5.74) is 1.98. The van der Waals surface area contributed by atoms with Crippen LogP contribution >= 0.6 is 0 Å². The molecule has 2 nitrogen and oxygen atoms in total. The van der Waals surface area contributed by atoms with Crippen LogP contribution in [0.15, 0.2) is 24.3 Å². The van der Waals surface area contributed by atoms with Crippen LogP contribution in [0.2, 0.25) is 0 Å². The summed E-state index contributed by atoms with van der Waals surface area (Å²) in [5, 5.41) is 0. The number of carbonyl (C=O) groups is 1. The summed E-state index contributed by atoms with van der Waals surface area (Å²) in [7, 11) is 1.49. The van der Waals surface area contributed by atoms with E-state index in [9.17, 15) is 4.79 Å². The van der Waals surface area contributed by atoms with Gasteiger partial charge < -0.3 is 4.74 Å². The number of aryl methyl sites for hydroxylation is 1. The number of hydrogen-bond acceptors (Lipinski definition) is 2. The second-order valence-electron chi connectivity index (χ2n) is 5.88. The van der Waals surface area contributed by atoms with Gasteiger partial charge >= 0.3 is 5.97 Å². The molecule has 98 valence electrons. The predicted octanol–water partition coefficient (Wildman–Crippen LogP) is 3.62. The highest BCUT2D eigenvalue weighted by atomic mass is 16.5. The largest absolute Gasteiger partial charge is 0.469 e. The molecule has 18 heavy (non-hydrogen) atoms. The second-order valence-corrected chi connectivity index (χ2v) is 5.88. The SMILES string of the molecule is COC(=O)[C@]1(C)CCC[C@]1(C)c1ccc(C)cc1. The third-order valence-corrected chi connectivity index (χ3v) is 4.90. The zero-order valence-electron chi connectivity index (χ0n) is 11.7. The molecule has 1 aliphatic carbocycles. The van der Waals surface area contributed by atoms with Crippen LogP contribution in [-0.2, 0) is 14.9 Å². The summed E-state index contributed by atoms with van der Waals surface area (Å²) in [4.78, 5) is 12.2. The number of hydrogen-bond donors (Lipinski definition) is 0. The average molecular weight is 246 g/mol. The Hall–Kier alpha value is -1.31. The highest BCUT2D eigenvalue weighted by molar-refractivity contribution is 5.79. The van der Waals surface area contributed by atoms with Gasteiger partial charge in [0.2, 0.25) is 0 Å². The molecule has 0 aromatic heterocycles. The molecule has 0 heterocycles. The van der Waals surface area contributed by atoms with Gasteiger partial charge in [-0.3, -0.25) is 4.79 Å². The summed E-state index contributed by atoms with van der Waals surface area (Å²) in [6.07, 6.45) is 3.03. The third kappa shape index (κ3) is 1.75. The molecular weight excluding hydrogens is 224 g/mol. The third-order valence-electron chi connectivity index (χ3n) is 4.90. The zero-order valence-corrected chi connectivity index (χ0v) is 11.7. The molecule has 0 spiro atoms. The minimum atomic E-state index is -0.406. The Balaban J connectivity index is 2.45. The standard InChI is InChI=1S/C16H22O2/c1-12-6-8-13(9-7-12)15(2)10-5-11-16(15,3)14(17)18-4/h6-9H,5,10-11H2,1-4H3/t15-,16+/m1/s1. The number of carbonyl (C=O) groups excluding carboxylic acids is 1. The average Bonchev–Trinajstić information content (AvgIpc) is 2.67. The Morgan fingerprint density at radius 2 is 1.78 bits per heavy atom. The molecule has 1 aromatic rings. The van der Waals surface area contributed by atoms with E-state index in [-0.39, 0.29) is 11.4 Å². The van der Waals surface area contributed by atoms with Gasteiger partial charge in [-0.15, -0.1) is 0 Å². The van der Waals surface area contributed by atoms with Crippen LogP contribution < -0.4 is 0 Å². The molecule has 0 N–H and O–H groups in total. The molecule has 0 saturated heterocycles. The Bertz CT molecular complexity index is 449. The van der Waals surface area contributed by atoms with Crippen LogP contribution in [0.4, 0.5) is 0 Å². The van der Waals surface area contributed by atoms with Crippen molar-refractivity contribution in [3.8, 4) is 0 Å². The second kappa shape index (κ2) is 4.42. The van der Waals surface area contributed by atoms with Gasteiger partial charge in [-0.25, -0.2) is 0 Å². The Morgan fingerprint density at radius 3 is 2.33 bits per heavy atom. The number of rotatable bonds is 2. The van der Waals surface area contributed by atoms with Crippen molar-refractivity contribution in [2.45, 2.75) is 45.4 Å². The summed E-state index contributed by atoms with van der Waals surface area (Å²) >= 11 is 0. The first kappa shape index (κ1) is 13.1. The molecule has 2 rings (SSSR count). The molecule has 0 amide bonds. The Kier molecular flexibility index (Phi) is 3.22. The molecule has 1 saturated carbocycles. The lowest BCUT2D eigenvalue weighted by atomic mass is 9.64. The first-order chi connectivity index (χ1) is 8.44. The van der Waals surface area contributed by atoms with Gasteiger partial charge in [-0.2, -0.15) is 0 Å². The zero-order chi connectivity index (χ0) is 13.4. The lowest BCUT2D eigenvalue weighted by molar-refractivity contribution is -0.154. The lowest BCUT2D eigenvalue weighted by Crippen LogP contribution is -2.43. The van der Waals surface area contributed by atoms with Crippen molar-refractivity contribution < 1.29 is 9.53 Å². The van der Waals surface area contributed by atoms with E-state index in [0.717, 1.165) is 19.3 Å². The summed E-state index contributed by atoms with van der Waals surface area (Å²) in [6.45, 7) is 6.33. The van der Waals surface area contributed by atoms with Crippen LogP contribution in [0, 0.1) is 12.3 Å². The molecule has 1 aromatic carbocycles. The fraction of sp³-hybridized carbons (Fsp3) is 0.562. The molecule has 2 atom stereocenters. The predicted molar refractivity (Wildman–Crippen MR) is 72.5 cm³/mol. The maximum Gasteiger partial charge on any atom is 0.312 e. The number of esters is 1. The summed E-state index contributed by atoms with van der Waals surface area (Å²) in [6, 6.07) is 8.55. The van der Waals surface area contributed by atoms with Crippen molar-refractivity contribution in [2.75, 3.05) is 7.11 Å². The Morgan fingerprint density at radius 1 is 1.17 bits per heavy atom. The molecule has 0 bridgehead atoms. The maximum atomic E-state index is 12.2. The van der Waals surface area contributed by atoms with Gasteiger partial charge in [0.25, 0.3) is 0 Å². The van der Waals surface area contributed by atoms with Gasteiger partial charge in [0.15, 0.2) is 0 Å². The first-order valence-electron chi connectivity index (χ1n) is 6.59. The van der Waals surface area contributed by atoms with E-state index in [4.69, 9.17) is 4.74 Å². The quantitative estimate of drug-likeness (QED) is 0.745. The summed E-state index contributed by atoms with van der Waals surface area (Å²) in [5.74, 6) is -0.0805. The highest BCUT2D eigenvalue weighted by Gasteiger charge is 2.54. The Labute approximate surface area is 109 Å². The van der Waals surface area contributed by atoms with Gasteiger partial charge in [0, 0.05) is 5.41 Å². The van der Waals surface area contributed by atoms with E-state index in [0.29, 0.717) is 0 Å². The number of benzene rings is 1. The maximum absolute atomic E-state index is 12.2. The molecule has 1 fully saturated rings. The van der Waals surface area contributed by atoms with Crippen LogP contribution in [0.1, 0.15) is 44.2 Å². The van der Waals surface area contributed by atoms with E-state index >= 15 is 0 Å². The highest BCUT2D eigenvalue weighted by Crippen LogP contribution is 2.54. The van der Waals surface area contributed by atoms with E-state index in [1.54, 1.807) is 0 Å². The molecule has 2 heteroatoms. The monoisotopic (exact) mass is 246 g/mol. The van der Waals surface area contributed by atoms with Crippen LogP contribution in [-0.4, -0.2) is 13.1 Å². The molecule has 1 aliphatic rings. The molecule has 0 radical (unpaired) electrons. The lowest BCUT2D eigenvalue weighted by Gasteiger charge is -2.39. The van der Waals surface area contributed by atoms with Crippen molar-refractivity contribution >= 4 is 5.97 Å². The number of methoxy groups -OCH3 is 1. The van der Waals surface area contributed by atoms with Crippen molar-refractivity contribution in [1.82, 2.24) is 0 Å². The van der Waals surface area contributed by atoms with Crippen LogP contribution in [0.25, 0.3) is 0 Å². The van der Waals surface area contributed by atoms with Gasteiger partial charge in [-0.1, -0.05) is 43.2 Å². The molecule has 0 unspecified atom stereocenters. The molecular formula is C16H22O2. The first-order valence-corrected chi connectivity index (χ1v) is 6.59. The van der Waals surface area contributed by atoms with Gasteiger partial charge in [0.1, 0.15) is 0 Å². The van der Waals surface area contributed by atoms with Crippen molar-refractivity contribution in [2.24, 2.45) is 5.41 Å².